The molecule has 5 rings (SSSR count). The second kappa shape index (κ2) is 6.99. The number of halogens is 2. The molecule has 2 aromatic heterocycles. The smallest absolute Gasteiger partial charge is 0.178 e. The number of nitriles is 1. The molecule has 142 valence electrons. The summed E-state index contributed by atoms with van der Waals surface area (Å²) in [6.07, 6.45) is 2.30. The zero-order chi connectivity index (χ0) is 20.0. The van der Waals surface area contributed by atoms with Gasteiger partial charge in [-0.05, 0) is 48.0 Å². The molecule has 0 fully saturated rings. The number of aromatic nitrogens is 3. The molecule has 0 aliphatic carbocycles. The Hall–Kier alpha value is -3.21. The average Bonchev–Trinajstić information content (AvgIpc) is 3.32. The van der Waals surface area contributed by atoms with Crippen LogP contribution in [0, 0.1) is 17.1 Å². The van der Waals surface area contributed by atoms with E-state index >= 15 is 0 Å². The standard InChI is InChI=1S/C21H12ClFN4OS/c22-16-9-14(23)2-3-17(16)27-11-25-26-21(27)19-8-13-5-6-28-18-4-1-12(10-24)7-15(18)20(13)29-19/h1-4,7-9,11H,5-6H2. The number of ether oxygens (including phenoxy) is 1. The zero-order valence-corrected chi connectivity index (χ0v) is 16.5. The Bertz CT molecular complexity index is 1290. The van der Waals surface area contributed by atoms with Gasteiger partial charge in [0.1, 0.15) is 17.9 Å². The van der Waals surface area contributed by atoms with Crippen LogP contribution in [0.1, 0.15) is 11.1 Å². The van der Waals surface area contributed by atoms with Crippen molar-refractivity contribution in [3.8, 4) is 38.6 Å². The maximum Gasteiger partial charge on any atom is 0.178 e. The highest BCUT2D eigenvalue weighted by Crippen LogP contribution is 2.44. The Morgan fingerprint density at radius 2 is 2.10 bits per heavy atom. The van der Waals surface area contributed by atoms with E-state index in [0.29, 0.717) is 23.7 Å². The van der Waals surface area contributed by atoms with Gasteiger partial charge in [-0.15, -0.1) is 21.5 Å². The first-order valence-electron chi connectivity index (χ1n) is 8.80. The van der Waals surface area contributed by atoms with Crippen molar-refractivity contribution in [2.45, 2.75) is 6.42 Å². The van der Waals surface area contributed by atoms with E-state index in [1.807, 2.05) is 12.1 Å². The van der Waals surface area contributed by atoms with Crippen molar-refractivity contribution < 1.29 is 9.13 Å². The summed E-state index contributed by atoms with van der Waals surface area (Å²) in [5.41, 5.74) is 3.21. The molecule has 4 aromatic rings. The fraction of sp³-hybridized carbons (Fsp3) is 0.0952. The van der Waals surface area contributed by atoms with Crippen LogP contribution in [0.5, 0.6) is 5.75 Å². The van der Waals surface area contributed by atoms with Crippen LogP contribution in [-0.2, 0) is 6.42 Å². The summed E-state index contributed by atoms with van der Waals surface area (Å²) in [4.78, 5) is 1.95. The quantitative estimate of drug-likeness (QED) is 0.442. The number of rotatable bonds is 2. The van der Waals surface area contributed by atoms with Crippen LogP contribution >= 0.6 is 22.9 Å². The van der Waals surface area contributed by atoms with Crippen LogP contribution in [0.3, 0.4) is 0 Å². The Labute approximate surface area is 174 Å². The molecule has 0 bridgehead atoms. The molecule has 0 spiro atoms. The molecule has 0 radical (unpaired) electrons. The van der Waals surface area contributed by atoms with Crippen molar-refractivity contribution in [2.75, 3.05) is 6.61 Å². The van der Waals surface area contributed by atoms with Gasteiger partial charge in [0.05, 0.1) is 33.8 Å². The maximum atomic E-state index is 13.5. The number of benzene rings is 2. The SMILES string of the molecule is N#Cc1ccc2c(c1)-c1sc(-c3nncn3-c3ccc(F)cc3Cl)cc1CCO2. The summed E-state index contributed by atoms with van der Waals surface area (Å²) < 4.78 is 21.0. The highest BCUT2D eigenvalue weighted by molar-refractivity contribution is 7.19. The van der Waals surface area contributed by atoms with Gasteiger partial charge in [-0.25, -0.2) is 4.39 Å². The zero-order valence-electron chi connectivity index (χ0n) is 14.9. The van der Waals surface area contributed by atoms with Gasteiger partial charge < -0.3 is 4.74 Å². The molecule has 0 unspecified atom stereocenters. The minimum absolute atomic E-state index is 0.279. The van der Waals surface area contributed by atoms with Crippen molar-refractivity contribution in [3.05, 3.63) is 70.8 Å². The fourth-order valence-electron chi connectivity index (χ4n) is 3.38. The highest BCUT2D eigenvalue weighted by atomic mass is 35.5. The Morgan fingerprint density at radius 1 is 1.21 bits per heavy atom. The van der Waals surface area contributed by atoms with E-state index < -0.39 is 5.82 Å². The largest absolute Gasteiger partial charge is 0.493 e. The third kappa shape index (κ3) is 3.07. The van der Waals surface area contributed by atoms with E-state index in [1.165, 1.54) is 12.1 Å². The topological polar surface area (TPSA) is 63.7 Å². The Kier molecular flexibility index (Phi) is 4.31. The van der Waals surface area contributed by atoms with E-state index in [9.17, 15) is 9.65 Å². The number of nitrogens with zero attached hydrogens (tertiary/aromatic N) is 4. The molecule has 0 N–H and O–H groups in total. The maximum absolute atomic E-state index is 13.5. The molecule has 1 aliphatic rings. The van der Waals surface area contributed by atoms with Crippen LogP contribution in [0.15, 0.2) is 48.8 Å². The summed E-state index contributed by atoms with van der Waals surface area (Å²) in [5, 5.41) is 17.9. The minimum atomic E-state index is -0.402. The van der Waals surface area contributed by atoms with Crippen LogP contribution < -0.4 is 4.74 Å². The third-order valence-electron chi connectivity index (χ3n) is 4.73. The van der Waals surface area contributed by atoms with Crippen LogP contribution in [0.25, 0.3) is 26.8 Å². The lowest BCUT2D eigenvalue weighted by atomic mass is 10.1. The molecule has 0 amide bonds. The molecule has 29 heavy (non-hydrogen) atoms. The predicted octanol–water partition coefficient (Wildman–Crippen LogP) is 5.26. The van der Waals surface area contributed by atoms with E-state index in [-0.39, 0.29) is 5.02 Å². The summed E-state index contributed by atoms with van der Waals surface area (Å²) in [6.45, 7) is 0.554. The van der Waals surface area contributed by atoms with Crippen molar-refractivity contribution in [2.24, 2.45) is 0 Å². The first kappa shape index (κ1) is 17.9. The van der Waals surface area contributed by atoms with Crippen molar-refractivity contribution in [1.82, 2.24) is 14.8 Å². The van der Waals surface area contributed by atoms with Gasteiger partial charge in [-0.3, -0.25) is 4.57 Å². The predicted molar refractivity (Wildman–Crippen MR) is 109 cm³/mol. The lowest BCUT2D eigenvalue weighted by Gasteiger charge is -2.08. The monoisotopic (exact) mass is 422 g/mol. The van der Waals surface area contributed by atoms with E-state index in [2.05, 4.69) is 22.3 Å². The molecular formula is C21H12ClFN4OS. The normalized spacial score (nSPS) is 12.4. The van der Waals surface area contributed by atoms with E-state index in [0.717, 1.165) is 33.1 Å². The molecule has 0 saturated heterocycles. The number of thiophene rings is 1. The second-order valence-corrected chi connectivity index (χ2v) is 7.97. The lowest BCUT2D eigenvalue weighted by Crippen LogP contribution is -1.99. The van der Waals surface area contributed by atoms with Crippen LogP contribution in [0.2, 0.25) is 5.02 Å². The molecule has 3 heterocycles. The van der Waals surface area contributed by atoms with Gasteiger partial charge in [-0.2, -0.15) is 5.26 Å². The van der Waals surface area contributed by atoms with Crippen molar-refractivity contribution in [1.29, 1.82) is 5.26 Å². The van der Waals surface area contributed by atoms with Gasteiger partial charge in [0.2, 0.25) is 0 Å². The van der Waals surface area contributed by atoms with Gasteiger partial charge >= 0.3 is 0 Å². The number of hydrogen-bond acceptors (Lipinski definition) is 5. The summed E-state index contributed by atoms with van der Waals surface area (Å²) in [6, 6.07) is 13.9. The molecule has 5 nitrogen and oxygen atoms in total. The van der Waals surface area contributed by atoms with Gasteiger partial charge in [-0.1, -0.05) is 11.6 Å². The Balaban J connectivity index is 1.65. The fourth-order valence-corrected chi connectivity index (χ4v) is 4.85. The minimum Gasteiger partial charge on any atom is -0.493 e. The van der Waals surface area contributed by atoms with E-state index in [1.54, 1.807) is 34.4 Å². The molecule has 8 heteroatoms. The number of fused-ring (bicyclic) bond motifs is 3. The Morgan fingerprint density at radius 3 is 2.93 bits per heavy atom. The summed E-state index contributed by atoms with van der Waals surface area (Å²) in [7, 11) is 0. The molecular weight excluding hydrogens is 411 g/mol. The molecule has 1 aliphatic heterocycles. The first-order chi connectivity index (χ1) is 14.1. The first-order valence-corrected chi connectivity index (χ1v) is 9.99. The van der Waals surface area contributed by atoms with E-state index in [4.69, 9.17) is 16.3 Å². The van der Waals surface area contributed by atoms with Crippen LogP contribution in [0.4, 0.5) is 4.39 Å². The summed E-state index contributed by atoms with van der Waals surface area (Å²) in [5.74, 6) is 0.982. The molecule has 2 aromatic carbocycles. The third-order valence-corrected chi connectivity index (χ3v) is 6.24. The van der Waals surface area contributed by atoms with Crippen LogP contribution in [-0.4, -0.2) is 21.4 Å². The summed E-state index contributed by atoms with van der Waals surface area (Å²) >= 11 is 7.80. The lowest BCUT2D eigenvalue weighted by molar-refractivity contribution is 0.326. The second-order valence-electron chi connectivity index (χ2n) is 6.51. The molecule has 0 saturated carbocycles. The van der Waals surface area contributed by atoms with Gasteiger partial charge in [0, 0.05) is 16.9 Å². The van der Waals surface area contributed by atoms with Gasteiger partial charge in [0.25, 0.3) is 0 Å². The molecule has 0 atom stereocenters. The average molecular weight is 423 g/mol. The highest BCUT2D eigenvalue weighted by Gasteiger charge is 2.22. The number of hydrogen-bond donors (Lipinski definition) is 0. The van der Waals surface area contributed by atoms with Gasteiger partial charge in [0.15, 0.2) is 5.82 Å². The van der Waals surface area contributed by atoms with Crippen molar-refractivity contribution in [3.63, 3.8) is 0 Å². The van der Waals surface area contributed by atoms with Crippen molar-refractivity contribution >= 4 is 22.9 Å².